The zero-order valence-electron chi connectivity index (χ0n) is 14.9. The van der Waals surface area contributed by atoms with E-state index in [0.717, 1.165) is 12.0 Å². The van der Waals surface area contributed by atoms with E-state index in [4.69, 9.17) is 5.73 Å². The highest BCUT2D eigenvalue weighted by Crippen LogP contribution is 2.10. The molecule has 3 N–H and O–H groups in total. The molecule has 1 amide bonds. The first kappa shape index (κ1) is 18.6. The topological polar surface area (TPSA) is 103 Å². The van der Waals surface area contributed by atoms with E-state index in [1.165, 1.54) is 4.68 Å². The maximum atomic E-state index is 12.1. The molecule has 2 atom stereocenters. The van der Waals surface area contributed by atoms with E-state index in [9.17, 15) is 9.59 Å². The number of carbonyl (C=O) groups excluding carboxylic acids is 1. The number of nitrogens with zero attached hydrogens (tertiary/aromatic N) is 3. The summed E-state index contributed by atoms with van der Waals surface area (Å²) < 4.78 is 1.48. The first-order valence-electron chi connectivity index (χ1n) is 8.48. The summed E-state index contributed by atoms with van der Waals surface area (Å²) >= 11 is 0. The Morgan fingerprint density at radius 1 is 1.28 bits per heavy atom. The van der Waals surface area contributed by atoms with Crippen molar-refractivity contribution in [2.45, 2.75) is 46.2 Å². The molecule has 0 saturated heterocycles. The summed E-state index contributed by atoms with van der Waals surface area (Å²) in [4.78, 5) is 28.0. The largest absolute Gasteiger partial charge is 0.368 e. The molecule has 0 radical (unpaired) electrons. The molecule has 134 valence electrons. The van der Waals surface area contributed by atoms with Gasteiger partial charge in [0.1, 0.15) is 0 Å². The number of carbonyl (C=O) groups is 1. The smallest absolute Gasteiger partial charge is 0.298 e. The third-order valence-corrected chi connectivity index (χ3v) is 4.12. The second kappa shape index (κ2) is 8.41. The van der Waals surface area contributed by atoms with Gasteiger partial charge in [-0.05, 0) is 18.4 Å². The molecule has 25 heavy (non-hydrogen) atoms. The van der Waals surface area contributed by atoms with Crippen LogP contribution >= 0.6 is 0 Å². The Bertz CT molecular complexity index is 773. The summed E-state index contributed by atoms with van der Waals surface area (Å²) in [5, 5.41) is 7.14. The summed E-state index contributed by atoms with van der Waals surface area (Å²) in [7, 11) is 0. The minimum absolute atomic E-state index is 0.0516. The quantitative estimate of drug-likeness (QED) is 0.799. The molecule has 0 aliphatic carbocycles. The van der Waals surface area contributed by atoms with Gasteiger partial charge in [0.25, 0.3) is 5.56 Å². The molecule has 1 aromatic carbocycles. The molecule has 7 heteroatoms. The molecular weight excluding hydrogens is 318 g/mol. The highest BCUT2D eigenvalue weighted by molar-refractivity contribution is 5.76. The van der Waals surface area contributed by atoms with E-state index in [0.29, 0.717) is 18.9 Å². The van der Waals surface area contributed by atoms with Crippen molar-refractivity contribution >= 4 is 11.9 Å². The minimum atomic E-state index is -0.529. The molecule has 0 fully saturated rings. The van der Waals surface area contributed by atoms with Crippen molar-refractivity contribution in [3.05, 3.63) is 51.9 Å². The Morgan fingerprint density at radius 2 is 1.96 bits per heavy atom. The van der Waals surface area contributed by atoms with Gasteiger partial charge >= 0.3 is 0 Å². The first-order valence-corrected chi connectivity index (χ1v) is 8.48. The Labute approximate surface area is 147 Å². The van der Waals surface area contributed by atoms with Crippen LogP contribution in [0.2, 0.25) is 0 Å². The standard InChI is InChI=1S/C18H25N5O2/c1-4-12(2)10-15(24)20-13(3)16-17(25)21-18(19)23(22-16)11-14-8-6-5-7-9-14/h5-9,12-13H,4,10-11H2,1-3H3,(H,20,24)(H2,19,21,25). The first-order chi connectivity index (χ1) is 11.9. The lowest BCUT2D eigenvalue weighted by atomic mass is 10.0. The van der Waals surface area contributed by atoms with E-state index in [2.05, 4.69) is 15.4 Å². The molecule has 2 rings (SSSR count). The van der Waals surface area contributed by atoms with Gasteiger partial charge in [0, 0.05) is 6.42 Å². The second-order valence-electron chi connectivity index (χ2n) is 6.31. The van der Waals surface area contributed by atoms with Gasteiger partial charge in [0.15, 0.2) is 5.69 Å². The monoisotopic (exact) mass is 343 g/mol. The Morgan fingerprint density at radius 3 is 2.60 bits per heavy atom. The number of benzene rings is 1. The predicted octanol–water partition coefficient (Wildman–Crippen LogP) is 1.88. The van der Waals surface area contributed by atoms with Crippen molar-refractivity contribution in [3.8, 4) is 0 Å². The van der Waals surface area contributed by atoms with Crippen molar-refractivity contribution in [2.75, 3.05) is 5.73 Å². The van der Waals surface area contributed by atoms with Gasteiger partial charge in [-0.1, -0.05) is 50.6 Å². The lowest BCUT2D eigenvalue weighted by Gasteiger charge is -2.16. The normalized spacial score (nSPS) is 13.2. The molecule has 1 aromatic heterocycles. The van der Waals surface area contributed by atoms with Gasteiger partial charge in [-0.15, -0.1) is 0 Å². The SMILES string of the molecule is CCC(C)CC(=O)NC(C)c1nn(Cc2ccccc2)c(N)nc1=O. The highest BCUT2D eigenvalue weighted by atomic mass is 16.2. The van der Waals surface area contributed by atoms with Crippen molar-refractivity contribution in [2.24, 2.45) is 5.92 Å². The fraction of sp³-hybridized carbons (Fsp3) is 0.444. The van der Waals surface area contributed by atoms with Crippen LogP contribution in [0.1, 0.15) is 50.9 Å². The zero-order chi connectivity index (χ0) is 18.4. The van der Waals surface area contributed by atoms with Gasteiger partial charge in [-0.3, -0.25) is 9.59 Å². The van der Waals surface area contributed by atoms with E-state index in [-0.39, 0.29) is 17.5 Å². The number of rotatable bonds is 7. The number of hydrogen-bond acceptors (Lipinski definition) is 5. The Hall–Kier alpha value is -2.70. The van der Waals surface area contributed by atoms with Crippen LogP contribution in [0.4, 0.5) is 5.95 Å². The zero-order valence-corrected chi connectivity index (χ0v) is 14.9. The van der Waals surface area contributed by atoms with Crippen molar-refractivity contribution in [1.82, 2.24) is 20.1 Å². The van der Waals surface area contributed by atoms with Gasteiger partial charge < -0.3 is 11.1 Å². The van der Waals surface area contributed by atoms with Gasteiger partial charge in [0.2, 0.25) is 11.9 Å². The van der Waals surface area contributed by atoms with Gasteiger partial charge in [0.05, 0.1) is 12.6 Å². The number of nitrogens with one attached hydrogen (secondary N) is 1. The molecular formula is C18H25N5O2. The van der Waals surface area contributed by atoms with Crippen LogP contribution in [0.5, 0.6) is 0 Å². The van der Waals surface area contributed by atoms with Crippen LogP contribution in [-0.4, -0.2) is 20.7 Å². The third kappa shape index (κ3) is 5.14. The van der Waals surface area contributed by atoms with Crippen LogP contribution in [0.15, 0.2) is 35.1 Å². The summed E-state index contributed by atoms with van der Waals surface area (Å²) in [5.41, 5.74) is 6.49. The predicted molar refractivity (Wildman–Crippen MR) is 96.9 cm³/mol. The molecule has 0 aliphatic rings. The summed E-state index contributed by atoms with van der Waals surface area (Å²) in [6.07, 6.45) is 1.34. The van der Waals surface area contributed by atoms with Crippen molar-refractivity contribution in [3.63, 3.8) is 0 Å². The summed E-state index contributed by atoms with van der Waals surface area (Å²) in [6, 6.07) is 9.11. The Kier molecular flexibility index (Phi) is 6.27. The number of amides is 1. The lowest BCUT2D eigenvalue weighted by Crippen LogP contribution is -2.34. The fourth-order valence-electron chi connectivity index (χ4n) is 2.42. The maximum absolute atomic E-state index is 12.1. The van der Waals surface area contributed by atoms with Crippen molar-refractivity contribution < 1.29 is 4.79 Å². The summed E-state index contributed by atoms with van der Waals surface area (Å²) in [6.45, 7) is 6.18. The molecule has 0 aliphatic heterocycles. The van der Waals surface area contributed by atoms with Gasteiger partial charge in [-0.25, -0.2) is 4.68 Å². The molecule has 1 heterocycles. The van der Waals surface area contributed by atoms with E-state index in [1.807, 2.05) is 44.2 Å². The Balaban J connectivity index is 2.18. The van der Waals surface area contributed by atoms with Crippen LogP contribution in [0.3, 0.4) is 0 Å². The highest BCUT2D eigenvalue weighted by Gasteiger charge is 2.18. The maximum Gasteiger partial charge on any atom is 0.298 e. The van der Waals surface area contributed by atoms with Crippen LogP contribution < -0.4 is 16.6 Å². The number of nitrogen functional groups attached to an aromatic ring is 1. The molecule has 2 unspecified atom stereocenters. The third-order valence-electron chi connectivity index (χ3n) is 4.12. The number of aromatic nitrogens is 3. The number of anilines is 1. The number of nitrogens with two attached hydrogens (primary N) is 1. The minimum Gasteiger partial charge on any atom is -0.368 e. The van der Waals surface area contributed by atoms with E-state index < -0.39 is 11.6 Å². The lowest BCUT2D eigenvalue weighted by molar-refractivity contribution is -0.122. The average Bonchev–Trinajstić information content (AvgIpc) is 2.57. The van der Waals surface area contributed by atoms with Crippen LogP contribution in [-0.2, 0) is 11.3 Å². The second-order valence-corrected chi connectivity index (χ2v) is 6.31. The van der Waals surface area contributed by atoms with E-state index >= 15 is 0 Å². The molecule has 7 nitrogen and oxygen atoms in total. The number of hydrogen-bond donors (Lipinski definition) is 2. The molecule has 0 saturated carbocycles. The summed E-state index contributed by atoms with van der Waals surface area (Å²) in [5.74, 6) is 0.240. The van der Waals surface area contributed by atoms with Crippen molar-refractivity contribution in [1.29, 1.82) is 0 Å². The van der Waals surface area contributed by atoms with E-state index in [1.54, 1.807) is 6.92 Å². The molecule has 2 aromatic rings. The molecule has 0 bridgehead atoms. The fourth-order valence-corrected chi connectivity index (χ4v) is 2.42. The average molecular weight is 343 g/mol. The molecule has 0 spiro atoms. The van der Waals surface area contributed by atoms with Crippen LogP contribution in [0.25, 0.3) is 0 Å². The van der Waals surface area contributed by atoms with Gasteiger partial charge in [-0.2, -0.15) is 10.1 Å². The van der Waals surface area contributed by atoms with Crippen LogP contribution in [0, 0.1) is 5.92 Å².